The van der Waals surface area contributed by atoms with Crippen LogP contribution >= 0.6 is 15.9 Å². The molecule has 0 aliphatic heterocycles. The van der Waals surface area contributed by atoms with E-state index in [1.165, 1.54) is 0 Å². The average molecular weight is 306 g/mol. The van der Waals surface area contributed by atoms with Crippen LogP contribution in [0.1, 0.15) is 17.6 Å². The summed E-state index contributed by atoms with van der Waals surface area (Å²) < 4.78 is 8.64. The molecule has 92 valence electrons. The summed E-state index contributed by atoms with van der Waals surface area (Å²) in [6.45, 7) is 0. The summed E-state index contributed by atoms with van der Waals surface area (Å²) in [7, 11) is 1.92. The van der Waals surface area contributed by atoms with Gasteiger partial charge in [0.2, 0.25) is 0 Å². The number of nitrogens with two attached hydrogens (primary N) is 1. The van der Waals surface area contributed by atoms with Crippen LogP contribution in [0.3, 0.4) is 0 Å². The van der Waals surface area contributed by atoms with E-state index in [-0.39, 0.29) is 6.04 Å². The quantitative estimate of drug-likeness (QED) is 0.792. The SMILES string of the molecule is Cn1ccnc1C(N)c1cc2cccc(Br)c2o1. The maximum absolute atomic E-state index is 6.18. The molecule has 18 heavy (non-hydrogen) atoms. The third-order valence-corrected chi connectivity index (χ3v) is 3.58. The summed E-state index contributed by atoms with van der Waals surface area (Å²) >= 11 is 3.47. The van der Waals surface area contributed by atoms with Crippen LogP contribution in [-0.2, 0) is 7.05 Å². The molecular formula is C13H12BrN3O. The Morgan fingerprint density at radius 3 is 2.94 bits per heavy atom. The molecule has 3 rings (SSSR count). The predicted molar refractivity (Wildman–Crippen MR) is 73.2 cm³/mol. The number of aryl methyl sites for hydroxylation is 1. The molecular weight excluding hydrogens is 294 g/mol. The Morgan fingerprint density at radius 2 is 2.28 bits per heavy atom. The van der Waals surface area contributed by atoms with Crippen LogP contribution < -0.4 is 5.73 Å². The van der Waals surface area contributed by atoms with Crippen LogP contribution in [0, 0.1) is 0 Å². The fraction of sp³-hybridized carbons (Fsp3) is 0.154. The maximum Gasteiger partial charge on any atom is 0.148 e. The Bertz CT molecular complexity index is 701. The van der Waals surface area contributed by atoms with E-state index in [0.717, 1.165) is 21.3 Å². The lowest BCUT2D eigenvalue weighted by molar-refractivity contribution is 0.508. The summed E-state index contributed by atoms with van der Waals surface area (Å²) in [5, 5.41) is 1.03. The van der Waals surface area contributed by atoms with Gasteiger partial charge in [0.05, 0.1) is 4.47 Å². The molecule has 2 N–H and O–H groups in total. The second-order valence-corrected chi connectivity index (χ2v) is 5.04. The molecule has 0 spiro atoms. The fourth-order valence-corrected chi connectivity index (χ4v) is 2.47. The zero-order valence-corrected chi connectivity index (χ0v) is 11.4. The van der Waals surface area contributed by atoms with E-state index in [1.807, 2.05) is 42.1 Å². The number of nitrogens with zero attached hydrogens (tertiary/aromatic N) is 2. The smallest absolute Gasteiger partial charge is 0.148 e. The minimum atomic E-state index is -0.357. The number of furan rings is 1. The van der Waals surface area contributed by atoms with Crippen molar-refractivity contribution in [1.82, 2.24) is 9.55 Å². The number of aromatic nitrogens is 2. The van der Waals surface area contributed by atoms with Gasteiger partial charge in [-0.25, -0.2) is 4.98 Å². The molecule has 5 heteroatoms. The number of para-hydroxylation sites is 1. The second-order valence-electron chi connectivity index (χ2n) is 4.18. The van der Waals surface area contributed by atoms with Crippen LogP contribution in [0.25, 0.3) is 11.0 Å². The molecule has 2 heterocycles. The molecule has 0 aliphatic carbocycles. The van der Waals surface area contributed by atoms with E-state index < -0.39 is 0 Å². The topological polar surface area (TPSA) is 57.0 Å². The molecule has 0 fully saturated rings. The molecule has 0 amide bonds. The lowest BCUT2D eigenvalue weighted by atomic mass is 10.2. The van der Waals surface area contributed by atoms with Gasteiger partial charge in [0.25, 0.3) is 0 Å². The molecule has 1 aromatic carbocycles. The van der Waals surface area contributed by atoms with E-state index in [4.69, 9.17) is 10.2 Å². The number of fused-ring (bicyclic) bond motifs is 1. The van der Waals surface area contributed by atoms with Crippen molar-refractivity contribution in [3.63, 3.8) is 0 Å². The molecule has 1 atom stereocenters. The Kier molecular flexibility index (Phi) is 2.72. The number of hydrogen-bond acceptors (Lipinski definition) is 3. The van der Waals surface area contributed by atoms with Gasteiger partial charge in [-0.2, -0.15) is 0 Å². The highest BCUT2D eigenvalue weighted by Crippen LogP contribution is 2.30. The number of imidazole rings is 1. The minimum absolute atomic E-state index is 0.357. The largest absolute Gasteiger partial charge is 0.458 e. The highest BCUT2D eigenvalue weighted by molar-refractivity contribution is 9.10. The number of hydrogen-bond donors (Lipinski definition) is 1. The summed E-state index contributed by atoms with van der Waals surface area (Å²) in [5.41, 5.74) is 7.00. The lowest BCUT2D eigenvalue weighted by Gasteiger charge is -2.08. The Balaban J connectivity index is 2.10. The van der Waals surface area contributed by atoms with Crippen LogP contribution in [-0.4, -0.2) is 9.55 Å². The molecule has 3 aromatic rings. The zero-order valence-electron chi connectivity index (χ0n) is 9.80. The average Bonchev–Trinajstić information content (AvgIpc) is 2.95. The summed E-state index contributed by atoms with van der Waals surface area (Å²) in [6.07, 6.45) is 3.60. The van der Waals surface area contributed by atoms with Crippen molar-refractivity contribution in [2.75, 3.05) is 0 Å². The van der Waals surface area contributed by atoms with Gasteiger partial charge >= 0.3 is 0 Å². The summed E-state index contributed by atoms with van der Waals surface area (Å²) in [4.78, 5) is 4.25. The highest BCUT2D eigenvalue weighted by atomic mass is 79.9. The first-order chi connectivity index (χ1) is 8.66. The van der Waals surface area contributed by atoms with Crippen molar-refractivity contribution in [2.24, 2.45) is 12.8 Å². The lowest BCUT2D eigenvalue weighted by Crippen LogP contribution is -2.15. The van der Waals surface area contributed by atoms with Gasteiger partial charge in [-0.1, -0.05) is 12.1 Å². The van der Waals surface area contributed by atoms with Crippen molar-refractivity contribution in [3.05, 3.63) is 52.7 Å². The third-order valence-electron chi connectivity index (χ3n) is 2.96. The van der Waals surface area contributed by atoms with E-state index in [2.05, 4.69) is 20.9 Å². The molecule has 0 bridgehead atoms. The van der Waals surface area contributed by atoms with Gasteiger partial charge in [-0.05, 0) is 28.1 Å². The number of halogens is 1. The van der Waals surface area contributed by atoms with Gasteiger partial charge in [0, 0.05) is 24.8 Å². The second kappa shape index (κ2) is 4.26. The van der Waals surface area contributed by atoms with Crippen LogP contribution in [0.2, 0.25) is 0 Å². The van der Waals surface area contributed by atoms with Gasteiger partial charge < -0.3 is 14.7 Å². The number of benzene rings is 1. The fourth-order valence-electron chi connectivity index (χ4n) is 2.00. The van der Waals surface area contributed by atoms with Crippen molar-refractivity contribution < 1.29 is 4.42 Å². The van der Waals surface area contributed by atoms with Gasteiger partial charge in [0.1, 0.15) is 23.2 Å². The standard InChI is InChI=1S/C13H12BrN3O/c1-17-6-5-16-13(17)11(15)10-7-8-3-2-4-9(14)12(8)18-10/h2-7,11H,15H2,1H3. The van der Waals surface area contributed by atoms with Crippen LogP contribution in [0.4, 0.5) is 0 Å². The van der Waals surface area contributed by atoms with Crippen LogP contribution in [0.5, 0.6) is 0 Å². The first-order valence-electron chi connectivity index (χ1n) is 5.57. The van der Waals surface area contributed by atoms with E-state index in [0.29, 0.717) is 5.76 Å². The Morgan fingerprint density at radius 1 is 1.44 bits per heavy atom. The monoisotopic (exact) mass is 305 g/mol. The molecule has 0 aliphatic rings. The van der Waals surface area contributed by atoms with E-state index in [1.54, 1.807) is 6.20 Å². The Hall–Kier alpha value is -1.59. The third kappa shape index (κ3) is 1.76. The van der Waals surface area contributed by atoms with Crippen molar-refractivity contribution in [3.8, 4) is 0 Å². The van der Waals surface area contributed by atoms with Gasteiger partial charge in [0.15, 0.2) is 0 Å². The summed E-state index contributed by atoms with van der Waals surface area (Å²) in [6, 6.07) is 7.52. The first-order valence-corrected chi connectivity index (χ1v) is 6.37. The minimum Gasteiger partial charge on any atom is -0.458 e. The molecule has 0 saturated carbocycles. The predicted octanol–water partition coefficient (Wildman–Crippen LogP) is 2.98. The molecule has 0 radical (unpaired) electrons. The van der Waals surface area contributed by atoms with Gasteiger partial charge in [-0.3, -0.25) is 0 Å². The first kappa shape index (κ1) is 11.5. The molecule has 1 unspecified atom stereocenters. The summed E-state index contributed by atoms with van der Waals surface area (Å²) in [5.74, 6) is 1.50. The van der Waals surface area contributed by atoms with Crippen molar-refractivity contribution >= 4 is 26.9 Å². The number of rotatable bonds is 2. The maximum atomic E-state index is 6.18. The van der Waals surface area contributed by atoms with E-state index >= 15 is 0 Å². The highest BCUT2D eigenvalue weighted by Gasteiger charge is 2.18. The van der Waals surface area contributed by atoms with Gasteiger partial charge in [-0.15, -0.1) is 0 Å². The zero-order chi connectivity index (χ0) is 12.7. The van der Waals surface area contributed by atoms with Crippen LogP contribution in [0.15, 0.2) is 45.5 Å². The molecule has 0 saturated heterocycles. The van der Waals surface area contributed by atoms with E-state index in [9.17, 15) is 0 Å². The molecule has 2 aromatic heterocycles. The molecule has 4 nitrogen and oxygen atoms in total. The normalized spacial score (nSPS) is 13.1. The Labute approximate surface area is 113 Å². The van der Waals surface area contributed by atoms with Crippen molar-refractivity contribution in [2.45, 2.75) is 6.04 Å². The van der Waals surface area contributed by atoms with Crippen molar-refractivity contribution in [1.29, 1.82) is 0 Å².